The van der Waals surface area contributed by atoms with Gasteiger partial charge in [0.2, 0.25) is 5.91 Å². The van der Waals surface area contributed by atoms with Gasteiger partial charge in [-0.05, 0) is 31.9 Å². The smallest absolute Gasteiger partial charge is 0.269 e. The molecule has 2 fully saturated rings. The number of amides is 2. The highest BCUT2D eigenvalue weighted by Gasteiger charge is 2.28. The molecule has 138 valence electrons. The zero-order valence-corrected chi connectivity index (χ0v) is 14.7. The predicted molar refractivity (Wildman–Crippen MR) is 92.1 cm³/mol. The van der Waals surface area contributed by atoms with E-state index in [0.29, 0.717) is 26.2 Å². The van der Waals surface area contributed by atoms with Crippen molar-refractivity contribution in [3.63, 3.8) is 0 Å². The Balaban J connectivity index is 1.55. The first kappa shape index (κ1) is 17.9. The second-order valence-corrected chi connectivity index (χ2v) is 6.89. The number of nitrogens with zero attached hydrogens (tertiary/aromatic N) is 3. The molecule has 0 unspecified atom stereocenters. The summed E-state index contributed by atoms with van der Waals surface area (Å²) in [5, 5.41) is 6.88. The van der Waals surface area contributed by atoms with E-state index in [-0.39, 0.29) is 23.6 Å². The van der Waals surface area contributed by atoms with E-state index < -0.39 is 5.91 Å². The van der Waals surface area contributed by atoms with Crippen LogP contribution in [0.15, 0.2) is 6.07 Å². The number of aromatic nitrogens is 2. The second kappa shape index (κ2) is 7.97. The van der Waals surface area contributed by atoms with Crippen LogP contribution in [0.5, 0.6) is 0 Å². The Hall–Kier alpha value is -1.93. The van der Waals surface area contributed by atoms with Crippen LogP contribution in [-0.4, -0.2) is 77.2 Å². The van der Waals surface area contributed by atoms with Crippen molar-refractivity contribution in [3.05, 3.63) is 17.5 Å². The van der Waals surface area contributed by atoms with Crippen molar-refractivity contribution in [3.8, 4) is 0 Å². The van der Waals surface area contributed by atoms with Crippen LogP contribution >= 0.6 is 0 Å². The van der Waals surface area contributed by atoms with Gasteiger partial charge in [-0.2, -0.15) is 5.10 Å². The SMILES string of the molecule is CC[C@@H]1CN(C(=O)CN2CCC[C@H](c3cc(C(N)=O)n[nH]3)C2)CCO1. The summed E-state index contributed by atoms with van der Waals surface area (Å²) in [5.41, 5.74) is 6.45. The van der Waals surface area contributed by atoms with Crippen molar-refractivity contribution in [1.29, 1.82) is 0 Å². The minimum Gasteiger partial charge on any atom is -0.375 e. The molecule has 0 bridgehead atoms. The summed E-state index contributed by atoms with van der Waals surface area (Å²) in [6.45, 7) is 6.21. The number of nitrogens with two attached hydrogens (primary N) is 1. The van der Waals surface area contributed by atoms with Crippen LogP contribution in [0, 0.1) is 0 Å². The average Bonchev–Trinajstić information content (AvgIpc) is 3.12. The van der Waals surface area contributed by atoms with Crippen LogP contribution in [0.4, 0.5) is 0 Å². The Morgan fingerprint density at radius 3 is 2.96 bits per heavy atom. The molecule has 0 spiro atoms. The molecule has 2 aliphatic rings. The Morgan fingerprint density at radius 2 is 2.24 bits per heavy atom. The fraction of sp³-hybridized carbons (Fsp3) is 0.706. The van der Waals surface area contributed by atoms with E-state index in [9.17, 15) is 9.59 Å². The largest absolute Gasteiger partial charge is 0.375 e. The summed E-state index contributed by atoms with van der Waals surface area (Å²) >= 11 is 0. The summed E-state index contributed by atoms with van der Waals surface area (Å²) < 4.78 is 5.64. The normalized spacial score (nSPS) is 25.1. The lowest BCUT2D eigenvalue weighted by Crippen LogP contribution is -2.50. The zero-order chi connectivity index (χ0) is 17.8. The summed E-state index contributed by atoms with van der Waals surface area (Å²) in [6, 6.07) is 1.73. The number of morpholine rings is 1. The number of likely N-dealkylation sites (tertiary alicyclic amines) is 1. The van der Waals surface area contributed by atoms with Crippen LogP contribution < -0.4 is 5.73 Å². The maximum absolute atomic E-state index is 12.6. The average molecular weight is 349 g/mol. The van der Waals surface area contributed by atoms with Gasteiger partial charge in [0.25, 0.3) is 5.91 Å². The van der Waals surface area contributed by atoms with E-state index in [0.717, 1.165) is 38.0 Å². The molecular weight excluding hydrogens is 322 g/mol. The molecule has 8 heteroatoms. The molecule has 2 amide bonds. The number of hydrogen-bond donors (Lipinski definition) is 2. The quantitative estimate of drug-likeness (QED) is 0.797. The molecule has 0 radical (unpaired) electrons. The van der Waals surface area contributed by atoms with Crippen LogP contribution in [-0.2, 0) is 9.53 Å². The van der Waals surface area contributed by atoms with E-state index in [4.69, 9.17) is 10.5 Å². The van der Waals surface area contributed by atoms with Crippen LogP contribution in [0.3, 0.4) is 0 Å². The van der Waals surface area contributed by atoms with Crippen molar-refractivity contribution in [2.45, 2.75) is 38.2 Å². The van der Waals surface area contributed by atoms with Crippen molar-refractivity contribution in [2.24, 2.45) is 5.73 Å². The molecule has 1 aromatic rings. The molecule has 3 N–H and O–H groups in total. The molecule has 8 nitrogen and oxygen atoms in total. The van der Waals surface area contributed by atoms with Gasteiger partial charge >= 0.3 is 0 Å². The third-order valence-electron chi connectivity index (χ3n) is 5.10. The highest BCUT2D eigenvalue weighted by molar-refractivity contribution is 5.90. The Bertz CT molecular complexity index is 617. The standard InChI is InChI=1S/C17H27N5O3/c1-2-13-10-22(6-7-25-13)16(23)11-21-5-3-4-12(9-21)14-8-15(17(18)24)20-19-14/h8,12-13H,2-7,9-11H2,1H3,(H2,18,24)(H,19,20)/t12-,13+/m0/s1. The molecule has 2 atom stereocenters. The van der Waals surface area contributed by atoms with E-state index in [1.807, 2.05) is 4.90 Å². The minimum absolute atomic E-state index is 0.156. The Kier molecular flexibility index (Phi) is 5.70. The van der Waals surface area contributed by atoms with E-state index in [2.05, 4.69) is 22.0 Å². The number of H-pyrrole nitrogens is 1. The van der Waals surface area contributed by atoms with Crippen molar-refractivity contribution < 1.29 is 14.3 Å². The van der Waals surface area contributed by atoms with Gasteiger partial charge in [0.05, 0.1) is 19.3 Å². The molecule has 3 heterocycles. The van der Waals surface area contributed by atoms with Crippen molar-refractivity contribution in [2.75, 3.05) is 39.3 Å². The highest BCUT2D eigenvalue weighted by atomic mass is 16.5. The summed E-state index contributed by atoms with van der Waals surface area (Å²) in [6.07, 6.45) is 3.12. The first-order valence-electron chi connectivity index (χ1n) is 9.03. The first-order chi connectivity index (χ1) is 12.1. The van der Waals surface area contributed by atoms with Gasteiger partial charge in [0.15, 0.2) is 0 Å². The maximum Gasteiger partial charge on any atom is 0.269 e. The van der Waals surface area contributed by atoms with Crippen molar-refractivity contribution >= 4 is 11.8 Å². The molecule has 3 rings (SSSR count). The first-order valence-corrected chi connectivity index (χ1v) is 9.03. The van der Waals surface area contributed by atoms with Crippen LogP contribution in [0.25, 0.3) is 0 Å². The number of aromatic amines is 1. The molecule has 0 aromatic carbocycles. The number of piperidine rings is 1. The third-order valence-corrected chi connectivity index (χ3v) is 5.10. The molecule has 0 aliphatic carbocycles. The topological polar surface area (TPSA) is 105 Å². The number of rotatable bonds is 5. The maximum atomic E-state index is 12.6. The fourth-order valence-corrected chi connectivity index (χ4v) is 3.61. The van der Waals surface area contributed by atoms with E-state index >= 15 is 0 Å². The van der Waals surface area contributed by atoms with Crippen LogP contribution in [0.2, 0.25) is 0 Å². The minimum atomic E-state index is -0.525. The van der Waals surface area contributed by atoms with Crippen LogP contribution in [0.1, 0.15) is 48.3 Å². The van der Waals surface area contributed by atoms with E-state index in [1.165, 1.54) is 0 Å². The summed E-state index contributed by atoms with van der Waals surface area (Å²) in [4.78, 5) is 27.9. The molecular formula is C17H27N5O3. The van der Waals surface area contributed by atoms with Gasteiger partial charge in [-0.1, -0.05) is 6.92 Å². The van der Waals surface area contributed by atoms with Gasteiger partial charge in [0, 0.05) is 31.2 Å². The predicted octanol–water partition coefficient (Wildman–Crippen LogP) is 0.325. The number of primary amides is 1. The highest BCUT2D eigenvalue weighted by Crippen LogP contribution is 2.26. The molecule has 25 heavy (non-hydrogen) atoms. The lowest BCUT2D eigenvalue weighted by atomic mass is 9.94. The van der Waals surface area contributed by atoms with Gasteiger partial charge in [0.1, 0.15) is 5.69 Å². The lowest BCUT2D eigenvalue weighted by molar-refractivity contribution is -0.140. The van der Waals surface area contributed by atoms with E-state index in [1.54, 1.807) is 6.07 Å². The number of ether oxygens (including phenoxy) is 1. The summed E-state index contributed by atoms with van der Waals surface area (Å²) in [5.74, 6) is -0.108. The lowest BCUT2D eigenvalue weighted by Gasteiger charge is -2.36. The van der Waals surface area contributed by atoms with Gasteiger partial charge in [-0.15, -0.1) is 0 Å². The Morgan fingerprint density at radius 1 is 1.40 bits per heavy atom. The number of nitrogens with one attached hydrogen (secondary N) is 1. The molecule has 2 saturated heterocycles. The molecule has 1 aromatic heterocycles. The van der Waals surface area contributed by atoms with Gasteiger partial charge in [-0.3, -0.25) is 19.6 Å². The van der Waals surface area contributed by atoms with Gasteiger partial charge in [-0.25, -0.2) is 0 Å². The summed E-state index contributed by atoms with van der Waals surface area (Å²) in [7, 11) is 0. The molecule has 0 saturated carbocycles. The van der Waals surface area contributed by atoms with Gasteiger partial charge < -0.3 is 15.4 Å². The fourth-order valence-electron chi connectivity index (χ4n) is 3.61. The monoisotopic (exact) mass is 349 g/mol. The molecule has 2 aliphatic heterocycles. The van der Waals surface area contributed by atoms with Crippen molar-refractivity contribution in [1.82, 2.24) is 20.0 Å². The zero-order valence-electron chi connectivity index (χ0n) is 14.7. The number of carbonyl (C=O) groups is 2. The number of hydrogen-bond acceptors (Lipinski definition) is 5. The third kappa shape index (κ3) is 4.38. The Labute approximate surface area is 147 Å². The second-order valence-electron chi connectivity index (χ2n) is 6.89. The number of carbonyl (C=O) groups excluding carboxylic acids is 2.